The Morgan fingerprint density at radius 2 is 1.84 bits per heavy atom. The number of amides is 1. The Hall–Kier alpha value is -4.86. The molecule has 0 unspecified atom stereocenters. The van der Waals surface area contributed by atoms with E-state index in [0.717, 1.165) is 22.8 Å². The number of imidazole rings is 1. The third-order valence-electron chi connectivity index (χ3n) is 6.06. The van der Waals surface area contributed by atoms with E-state index >= 15 is 0 Å². The fraction of sp³-hybridized carbons (Fsp3) is 0.107. The van der Waals surface area contributed by atoms with Gasteiger partial charge in [-0.1, -0.05) is 42.5 Å². The van der Waals surface area contributed by atoms with Crippen LogP contribution in [-0.2, 0) is 20.8 Å². The molecule has 0 spiro atoms. The second-order valence-electron chi connectivity index (χ2n) is 8.38. The molecule has 1 aliphatic rings. The molecular weight excluding hydrogens is 499 g/mol. The second-order valence-corrected chi connectivity index (χ2v) is 8.38. The van der Waals surface area contributed by atoms with Gasteiger partial charge in [0.2, 0.25) is 0 Å². The lowest BCUT2D eigenvalue weighted by Crippen LogP contribution is -2.38. The fourth-order valence-electron chi connectivity index (χ4n) is 4.33. The smallest absolute Gasteiger partial charge is 0.493 e. The minimum atomic E-state index is -5.29. The van der Waals surface area contributed by atoms with E-state index in [1.54, 1.807) is 47.6 Å². The van der Waals surface area contributed by atoms with Crippen molar-refractivity contribution in [2.75, 3.05) is 12.2 Å². The van der Waals surface area contributed by atoms with Gasteiger partial charge < -0.3 is 14.1 Å². The van der Waals surface area contributed by atoms with Crippen LogP contribution in [0.4, 0.5) is 18.9 Å². The third kappa shape index (κ3) is 4.75. The minimum absolute atomic E-state index is 0.0546. The lowest BCUT2D eigenvalue weighted by Gasteiger charge is -2.23. The molecule has 0 N–H and O–H groups in total. The standard InChI is InChI=1S/C28H20F3N3O4/c1-37-25-15-18(9-11-24(25)33-14-13-32-17-33)10-12-26(35)34(38-27(36)28(29,30)31)23-8-4-7-21-20-6-3-2-5-19(20)16-22(21)23/h2-15,17H,16H2,1H3/b12-10+. The van der Waals surface area contributed by atoms with E-state index in [1.807, 2.05) is 30.3 Å². The van der Waals surface area contributed by atoms with Crippen LogP contribution in [0.25, 0.3) is 22.9 Å². The van der Waals surface area contributed by atoms with E-state index in [1.165, 1.54) is 19.3 Å². The maximum absolute atomic E-state index is 13.2. The van der Waals surface area contributed by atoms with Gasteiger partial charge >= 0.3 is 12.1 Å². The van der Waals surface area contributed by atoms with Crippen LogP contribution in [0, 0.1) is 0 Å². The molecule has 0 radical (unpaired) electrons. The van der Waals surface area contributed by atoms with Gasteiger partial charge in [-0.3, -0.25) is 4.79 Å². The van der Waals surface area contributed by atoms with E-state index in [0.29, 0.717) is 34.0 Å². The molecule has 0 fully saturated rings. The molecular formula is C28H20F3N3O4. The highest BCUT2D eigenvalue weighted by Crippen LogP contribution is 2.41. The molecule has 7 nitrogen and oxygen atoms in total. The van der Waals surface area contributed by atoms with Crippen molar-refractivity contribution in [1.82, 2.24) is 9.55 Å². The molecule has 0 saturated carbocycles. The summed E-state index contributed by atoms with van der Waals surface area (Å²) in [5.74, 6) is -2.99. The predicted molar refractivity (Wildman–Crippen MR) is 133 cm³/mol. The van der Waals surface area contributed by atoms with Crippen LogP contribution >= 0.6 is 0 Å². The largest absolute Gasteiger partial charge is 0.495 e. The number of hydrogen-bond donors (Lipinski definition) is 0. The van der Waals surface area contributed by atoms with E-state index in [2.05, 4.69) is 9.82 Å². The van der Waals surface area contributed by atoms with E-state index in [-0.39, 0.29) is 5.69 Å². The summed E-state index contributed by atoms with van der Waals surface area (Å²) < 4.78 is 46.5. The summed E-state index contributed by atoms with van der Waals surface area (Å²) in [6.07, 6.45) is 2.46. The predicted octanol–water partition coefficient (Wildman–Crippen LogP) is 5.52. The van der Waals surface area contributed by atoms with Crippen LogP contribution in [0.5, 0.6) is 5.75 Å². The van der Waals surface area contributed by atoms with Gasteiger partial charge in [-0.25, -0.2) is 9.78 Å². The molecule has 38 heavy (non-hydrogen) atoms. The van der Waals surface area contributed by atoms with Crippen LogP contribution in [0.3, 0.4) is 0 Å². The molecule has 0 aliphatic heterocycles. The van der Waals surface area contributed by atoms with Crippen molar-refractivity contribution in [3.8, 4) is 22.6 Å². The first-order chi connectivity index (χ1) is 18.3. The van der Waals surface area contributed by atoms with Crippen molar-refractivity contribution >= 4 is 23.6 Å². The van der Waals surface area contributed by atoms with Gasteiger partial charge in [0, 0.05) is 24.9 Å². The Morgan fingerprint density at radius 1 is 1.05 bits per heavy atom. The number of halogens is 3. The quantitative estimate of drug-likeness (QED) is 0.226. The highest BCUT2D eigenvalue weighted by Gasteiger charge is 2.44. The number of anilines is 1. The summed E-state index contributed by atoms with van der Waals surface area (Å²) in [5.41, 5.74) is 4.48. The minimum Gasteiger partial charge on any atom is -0.495 e. The number of rotatable bonds is 5. The summed E-state index contributed by atoms with van der Waals surface area (Å²) in [5, 5.41) is 0.397. The number of carbonyl (C=O) groups is 2. The van der Waals surface area contributed by atoms with Gasteiger partial charge in [0.25, 0.3) is 5.91 Å². The summed E-state index contributed by atoms with van der Waals surface area (Å²) >= 11 is 0. The van der Waals surface area contributed by atoms with Gasteiger partial charge in [0.05, 0.1) is 24.8 Å². The highest BCUT2D eigenvalue weighted by atomic mass is 19.4. The molecule has 1 aliphatic carbocycles. The number of carbonyl (C=O) groups excluding carboxylic acids is 2. The molecule has 0 bridgehead atoms. The number of fused-ring (bicyclic) bond motifs is 3. The molecule has 1 heterocycles. The zero-order chi connectivity index (χ0) is 26.9. The van der Waals surface area contributed by atoms with Crippen LogP contribution in [0.1, 0.15) is 16.7 Å². The zero-order valence-corrected chi connectivity index (χ0v) is 20.0. The first-order valence-electron chi connectivity index (χ1n) is 11.4. The van der Waals surface area contributed by atoms with Crippen molar-refractivity contribution in [2.24, 2.45) is 0 Å². The summed E-state index contributed by atoms with van der Waals surface area (Å²) in [4.78, 5) is 33.6. The number of aromatic nitrogens is 2. The van der Waals surface area contributed by atoms with Gasteiger partial charge in [-0.15, -0.1) is 5.06 Å². The topological polar surface area (TPSA) is 73.7 Å². The summed E-state index contributed by atoms with van der Waals surface area (Å²) in [7, 11) is 1.49. The monoisotopic (exact) mass is 519 g/mol. The Bertz CT molecular complexity index is 1550. The van der Waals surface area contributed by atoms with E-state index in [9.17, 15) is 22.8 Å². The molecule has 4 aromatic rings. The van der Waals surface area contributed by atoms with Crippen molar-refractivity contribution in [2.45, 2.75) is 12.6 Å². The van der Waals surface area contributed by atoms with Crippen molar-refractivity contribution in [1.29, 1.82) is 0 Å². The molecule has 5 rings (SSSR count). The van der Waals surface area contributed by atoms with E-state index < -0.39 is 18.1 Å². The molecule has 192 valence electrons. The van der Waals surface area contributed by atoms with Crippen molar-refractivity contribution in [3.63, 3.8) is 0 Å². The van der Waals surface area contributed by atoms with Crippen LogP contribution in [0.2, 0.25) is 0 Å². The highest BCUT2D eigenvalue weighted by molar-refractivity contribution is 6.05. The first-order valence-corrected chi connectivity index (χ1v) is 11.4. The molecule has 1 amide bonds. The number of nitrogens with zero attached hydrogens (tertiary/aromatic N) is 3. The lowest BCUT2D eigenvalue weighted by molar-refractivity contribution is -0.201. The maximum atomic E-state index is 13.2. The fourth-order valence-corrected chi connectivity index (χ4v) is 4.33. The molecule has 10 heteroatoms. The third-order valence-corrected chi connectivity index (χ3v) is 6.06. The zero-order valence-electron chi connectivity index (χ0n) is 20.0. The SMILES string of the molecule is COc1cc(/C=C/C(=O)N(OC(=O)C(F)(F)F)c2cccc3c2Cc2ccccc2-3)ccc1-n1ccnc1. The number of hydrogen-bond acceptors (Lipinski definition) is 5. The van der Waals surface area contributed by atoms with Crippen LogP contribution < -0.4 is 9.80 Å². The van der Waals surface area contributed by atoms with Crippen molar-refractivity contribution in [3.05, 3.63) is 102 Å². The Kier molecular flexibility index (Phi) is 6.46. The number of ether oxygens (including phenoxy) is 1. The summed E-state index contributed by atoms with van der Waals surface area (Å²) in [6.45, 7) is 0. The number of hydroxylamine groups is 1. The number of methoxy groups -OCH3 is 1. The van der Waals surface area contributed by atoms with Gasteiger partial charge in [0.15, 0.2) is 0 Å². The molecule has 1 aromatic heterocycles. The normalized spacial score (nSPS) is 12.2. The maximum Gasteiger partial charge on any atom is 0.493 e. The summed E-state index contributed by atoms with van der Waals surface area (Å²) in [6, 6.07) is 17.4. The average Bonchev–Trinajstić information content (AvgIpc) is 3.58. The van der Waals surface area contributed by atoms with E-state index in [4.69, 9.17) is 4.74 Å². The molecule has 3 aromatic carbocycles. The number of alkyl halides is 3. The average molecular weight is 519 g/mol. The van der Waals surface area contributed by atoms with Crippen molar-refractivity contribution < 1.29 is 32.3 Å². The molecule has 0 saturated heterocycles. The first kappa shape index (κ1) is 24.8. The van der Waals surface area contributed by atoms with Gasteiger partial charge in [-0.2, -0.15) is 13.2 Å². The second kappa shape index (κ2) is 9.89. The number of benzene rings is 3. The van der Waals surface area contributed by atoms with Crippen LogP contribution in [0.15, 0.2) is 85.5 Å². The Labute approximate surface area is 215 Å². The molecule has 0 atom stereocenters. The van der Waals surface area contributed by atoms with Crippen LogP contribution in [-0.4, -0.2) is 34.7 Å². The van der Waals surface area contributed by atoms with Gasteiger partial charge in [0.1, 0.15) is 5.75 Å². The Balaban J connectivity index is 1.48. The Morgan fingerprint density at radius 3 is 2.58 bits per heavy atom. The lowest BCUT2D eigenvalue weighted by atomic mass is 10.0. The van der Waals surface area contributed by atoms with Gasteiger partial charge in [-0.05, 0) is 52.1 Å².